The van der Waals surface area contributed by atoms with Crippen LogP contribution in [0.4, 0.5) is 13.2 Å². The standard InChI is InChI=1S/C19H32O2.C13H17F3O.C10H18O2S2.C10H14O/c1-6-18(4,5)17(20)21-19(12(2)3)15-8-13-7-14(10-15)11-16(19)9-13;1-4-9(2)10-5-7-11(8-6-10)12(3,17)13(14,15)16;1-4-10(2,3)9(11)12-8-7-13-5-6-14-8;1-3-8(2)9-4-6-10(11)7-5-9/h12-16H,6-11H2,1-5H3;5-9,17H,4H2,1-3H3;8H,4-7H2,1-3H3;4-8,11H,3H2,1-2H3. The molecule has 0 amide bonds. The zero-order chi connectivity index (χ0) is 47.6. The average Bonchev–Trinajstić information content (AvgIpc) is 3.24. The molecule has 358 valence electrons. The summed E-state index contributed by atoms with van der Waals surface area (Å²) in [5.74, 6) is 7.93. The van der Waals surface area contributed by atoms with Gasteiger partial charge in [0.1, 0.15) is 11.4 Å². The summed E-state index contributed by atoms with van der Waals surface area (Å²) in [5.41, 5.74) is -1.42. The van der Waals surface area contributed by atoms with Gasteiger partial charge in [0, 0.05) is 17.3 Å². The van der Waals surface area contributed by atoms with Crippen molar-refractivity contribution in [3.05, 3.63) is 65.2 Å². The van der Waals surface area contributed by atoms with Crippen LogP contribution in [0.3, 0.4) is 0 Å². The van der Waals surface area contributed by atoms with E-state index in [9.17, 15) is 27.9 Å². The van der Waals surface area contributed by atoms with Gasteiger partial charge in [-0.25, -0.2) is 0 Å². The number of carbonyl (C=O) groups excluding carboxylic acids is 2. The minimum absolute atomic E-state index is 0.0335. The van der Waals surface area contributed by atoms with Crippen molar-refractivity contribution in [1.29, 1.82) is 0 Å². The Kier molecular flexibility index (Phi) is 20.4. The SMILES string of the molecule is CCC(C)(C)C(=O)OC1(C(C)C)C2CC3CC(C2)CC1C3.CCC(C)(C)C(=O)OC1CSCCS1.CCC(C)c1ccc(C(C)(O)C(F)(F)F)cc1.CCC(C)c1ccc(O)cc1. The number of halogens is 3. The number of carbonyl (C=O) groups is 2. The Labute approximate surface area is 387 Å². The largest absolute Gasteiger partial charge is 0.508 e. The average molecular weight is 923 g/mol. The van der Waals surface area contributed by atoms with Crippen molar-refractivity contribution in [1.82, 2.24) is 0 Å². The molecule has 2 N–H and O–H groups in total. The lowest BCUT2D eigenvalue weighted by molar-refractivity contribution is -0.258. The number of ether oxygens (including phenoxy) is 2. The van der Waals surface area contributed by atoms with Crippen LogP contribution in [-0.2, 0) is 24.7 Å². The second-order valence-electron chi connectivity index (χ2n) is 20.4. The van der Waals surface area contributed by atoms with Gasteiger partial charge in [-0.1, -0.05) is 91.8 Å². The van der Waals surface area contributed by atoms with Gasteiger partial charge < -0.3 is 19.7 Å². The van der Waals surface area contributed by atoms with Gasteiger partial charge in [0.25, 0.3) is 0 Å². The zero-order valence-electron chi connectivity index (χ0n) is 40.7. The third kappa shape index (κ3) is 14.3. The second kappa shape index (κ2) is 23.4. The van der Waals surface area contributed by atoms with E-state index in [1.165, 1.54) is 55.6 Å². The van der Waals surface area contributed by atoms with Crippen LogP contribution in [0.2, 0.25) is 0 Å². The smallest absolute Gasteiger partial charge is 0.421 e. The van der Waals surface area contributed by atoms with E-state index in [1.54, 1.807) is 36.0 Å². The summed E-state index contributed by atoms with van der Waals surface area (Å²) in [7, 11) is 0. The third-order valence-corrected chi connectivity index (χ3v) is 17.3. The van der Waals surface area contributed by atoms with Crippen LogP contribution in [0.25, 0.3) is 0 Å². The summed E-state index contributed by atoms with van der Waals surface area (Å²) in [6, 6.07) is 13.4. The predicted octanol–water partition coefficient (Wildman–Crippen LogP) is 14.5. The number of aromatic hydroxyl groups is 1. The number of thioether (sulfide) groups is 2. The molecule has 2 aromatic rings. The summed E-state index contributed by atoms with van der Waals surface area (Å²) in [5, 5.41) is 18.5. The maximum atomic E-state index is 12.8. The van der Waals surface area contributed by atoms with E-state index >= 15 is 0 Å². The first-order chi connectivity index (χ1) is 29.3. The van der Waals surface area contributed by atoms with Crippen molar-refractivity contribution < 1.29 is 42.4 Å². The van der Waals surface area contributed by atoms with Crippen molar-refractivity contribution in [3.8, 4) is 5.75 Å². The quantitative estimate of drug-likeness (QED) is 0.203. The van der Waals surface area contributed by atoms with Gasteiger partial charge in [-0.2, -0.15) is 24.9 Å². The molecule has 0 spiro atoms. The van der Waals surface area contributed by atoms with Crippen LogP contribution in [0.1, 0.15) is 176 Å². The number of alkyl halides is 3. The first-order valence-corrected chi connectivity index (χ1v) is 25.8. The lowest BCUT2D eigenvalue weighted by Crippen LogP contribution is -2.63. The molecule has 63 heavy (non-hydrogen) atoms. The fourth-order valence-electron chi connectivity index (χ4n) is 9.12. The zero-order valence-corrected chi connectivity index (χ0v) is 42.3. The van der Waals surface area contributed by atoms with Crippen molar-refractivity contribution in [2.45, 2.75) is 182 Å². The number of hydrogen-bond donors (Lipinski definition) is 2. The summed E-state index contributed by atoms with van der Waals surface area (Å²) in [4.78, 5) is 24.5. The third-order valence-electron chi connectivity index (χ3n) is 14.8. The molecule has 4 unspecified atom stereocenters. The van der Waals surface area contributed by atoms with Crippen LogP contribution in [0, 0.1) is 40.4 Å². The minimum atomic E-state index is -4.66. The molecule has 4 saturated carbocycles. The molecular formula is C52H81F3O6S2. The predicted molar refractivity (Wildman–Crippen MR) is 256 cm³/mol. The van der Waals surface area contributed by atoms with Gasteiger partial charge in [-0.05, 0) is 163 Å². The Balaban J connectivity index is 0.000000230. The van der Waals surface area contributed by atoms with Gasteiger partial charge in [-0.15, -0.1) is 11.8 Å². The number of aliphatic hydroxyl groups is 1. The number of esters is 2. The van der Waals surface area contributed by atoms with E-state index in [1.807, 2.05) is 72.4 Å². The molecule has 7 rings (SSSR count). The van der Waals surface area contributed by atoms with Crippen LogP contribution >= 0.6 is 23.5 Å². The molecule has 1 aliphatic heterocycles. The van der Waals surface area contributed by atoms with Gasteiger partial charge in [0.05, 0.1) is 10.8 Å². The molecule has 5 fully saturated rings. The number of phenols is 1. The number of hydrogen-bond acceptors (Lipinski definition) is 8. The van der Waals surface area contributed by atoms with Crippen molar-refractivity contribution in [2.75, 3.05) is 17.3 Å². The molecular weight excluding hydrogens is 842 g/mol. The Bertz CT molecular complexity index is 1670. The fraction of sp³-hybridized carbons (Fsp3) is 0.731. The highest BCUT2D eigenvalue weighted by atomic mass is 32.2. The highest BCUT2D eigenvalue weighted by molar-refractivity contribution is 8.06. The molecule has 6 nitrogen and oxygen atoms in total. The van der Waals surface area contributed by atoms with Crippen LogP contribution in [-0.4, -0.2) is 56.6 Å². The first kappa shape index (κ1) is 55.0. The Morgan fingerprint density at radius 3 is 1.54 bits per heavy atom. The van der Waals surface area contributed by atoms with E-state index in [0.29, 0.717) is 35.3 Å². The number of benzene rings is 2. The maximum Gasteiger partial charge on any atom is 0.421 e. The van der Waals surface area contributed by atoms with Crippen molar-refractivity contribution in [3.63, 3.8) is 0 Å². The lowest BCUT2D eigenvalue weighted by atomic mass is 9.47. The van der Waals surface area contributed by atoms with Crippen LogP contribution < -0.4 is 0 Å². The molecule has 4 aliphatic carbocycles. The fourth-order valence-corrected chi connectivity index (χ4v) is 11.5. The normalized spacial score (nSPS) is 26.0. The summed E-state index contributed by atoms with van der Waals surface area (Å²) in [6.45, 7) is 25.7. The Morgan fingerprint density at radius 1 is 0.714 bits per heavy atom. The van der Waals surface area contributed by atoms with E-state index in [2.05, 4.69) is 34.6 Å². The highest BCUT2D eigenvalue weighted by Crippen LogP contribution is 2.62. The highest BCUT2D eigenvalue weighted by Gasteiger charge is 2.61. The van der Waals surface area contributed by atoms with Gasteiger partial charge in [0.15, 0.2) is 11.0 Å². The Hall–Kier alpha value is -2.37. The summed E-state index contributed by atoms with van der Waals surface area (Å²) in [6.07, 6.45) is 5.71. The topological polar surface area (TPSA) is 93.1 Å². The van der Waals surface area contributed by atoms with Crippen LogP contribution in [0.5, 0.6) is 5.75 Å². The van der Waals surface area contributed by atoms with Crippen molar-refractivity contribution >= 4 is 35.5 Å². The number of phenolic OH excluding ortho intramolecular Hbond substituents is 1. The van der Waals surface area contributed by atoms with E-state index in [0.717, 1.165) is 61.5 Å². The molecule has 0 aromatic heterocycles. The molecule has 11 heteroatoms. The molecule has 1 saturated heterocycles. The van der Waals surface area contributed by atoms with E-state index < -0.39 is 11.8 Å². The second-order valence-corrected chi connectivity index (χ2v) is 22.8. The Morgan fingerprint density at radius 2 is 1.16 bits per heavy atom. The lowest BCUT2D eigenvalue weighted by Gasteiger charge is -2.62. The molecule has 2 aromatic carbocycles. The van der Waals surface area contributed by atoms with Crippen LogP contribution in [0.15, 0.2) is 48.5 Å². The molecule has 0 radical (unpaired) electrons. The summed E-state index contributed by atoms with van der Waals surface area (Å²) >= 11 is 3.62. The molecule has 4 atom stereocenters. The molecule has 1 heterocycles. The van der Waals surface area contributed by atoms with E-state index in [-0.39, 0.29) is 39.4 Å². The molecule has 4 bridgehead atoms. The van der Waals surface area contributed by atoms with Crippen molar-refractivity contribution in [2.24, 2.45) is 40.4 Å². The maximum absolute atomic E-state index is 12.8. The monoisotopic (exact) mass is 923 g/mol. The summed E-state index contributed by atoms with van der Waals surface area (Å²) < 4.78 is 49.6. The van der Waals surface area contributed by atoms with E-state index in [4.69, 9.17) is 14.6 Å². The first-order valence-electron chi connectivity index (χ1n) is 23.6. The number of rotatable bonds is 12. The minimum Gasteiger partial charge on any atom is -0.508 e. The van der Waals surface area contributed by atoms with Gasteiger partial charge >= 0.3 is 18.1 Å². The van der Waals surface area contributed by atoms with Gasteiger partial charge in [0.2, 0.25) is 0 Å². The van der Waals surface area contributed by atoms with Gasteiger partial charge in [-0.3, -0.25) is 9.59 Å². The molecule has 5 aliphatic rings.